The number of hydrogen-bond acceptors (Lipinski definition) is 5. The van der Waals surface area contributed by atoms with Crippen LogP contribution in [0.2, 0.25) is 0 Å². The molecule has 122 valence electrons. The first-order chi connectivity index (χ1) is 11.1. The molecule has 1 amide bonds. The van der Waals surface area contributed by atoms with Gasteiger partial charge < -0.3 is 16.0 Å². The molecule has 0 aliphatic rings. The van der Waals surface area contributed by atoms with Crippen LogP contribution in [0.4, 0.5) is 11.8 Å². The van der Waals surface area contributed by atoms with E-state index in [2.05, 4.69) is 48.5 Å². The van der Waals surface area contributed by atoms with Crippen molar-refractivity contribution in [3.63, 3.8) is 0 Å². The van der Waals surface area contributed by atoms with Crippen LogP contribution < -0.4 is 16.0 Å². The van der Waals surface area contributed by atoms with Crippen LogP contribution in [0.3, 0.4) is 0 Å². The quantitative estimate of drug-likeness (QED) is 0.470. The molecule has 0 saturated heterocycles. The van der Waals surface area contributed by atoms with Crippen molar-refractivity contribution >= 4 is 40.3 Å². The molecule has 0 fully saturated rings. The molecule has 0 spiro atoms. The van der Waals surface area contributed by atoms with Crippen LogP contribution >= 0.6 is 22.6 Å². The van der Waals surface area contributed by atoms with Gasteiger partial charge in [-0.05, 0) is 60.7 Å². The lowest BCUT2D eigenvalue weighted by Gasteiger charge is -2.09. The fourth-order valence-corrected chi connectivity index (χ4v) is 2.33. The average Bonchev–Trinajstić information content (AvgIpc) is 2.52. The van der Waals surface area contributed by atoms with Gasteiger partial charge in [-0.2, -0.15) is 4.98 Å². The van der Waals surface area contributed by atoms with Crippen molar-refractivity contribution in [2.75, 3.05) is 30.3 Å². The number of nitrogens with zero attached hydrogens (tertiary/aromatic N) is 2. The standard InChI is InChI=1S/C16H20IN5O/c1-3-18-14-10-11(2)21-16(22-14)20-9-8-19-15(23)12-4-6-13(17)7-5-12/h4-7,10H,3,8-9H2,1-2H3,(H,19,23)(H2,18,20,21,22). The number of aryl methyl sites for hydroxylation is 1. The van der Waals surface area contributed by atoms with Gasteiger partial charge in [0.1, 0.15) is 5.82 Å². The maximum atomic E-state index is 12.0. The first-order valence-electron chi connectivity index (χ1n) is 7.45. The van der Waals surface area contributed by atoms with Gasteiger partial charge in [-0.1, -0.05) is 0 Å². The Labute approximate surface area is 149 Å². The van der Waals surface area contributed by atoms with Crippen LogP contribution in [0.15, 0.2) is 30.3 Å². The number of amides is 1. The van der Waals surface area contributed by atoms with Gasteiger partial charge in [0, 0.05) is 40.5 Å². The summed E-state index contributed by atoms with van der Waals surface area (Å²) >= 11 is 2.21. The monoisotopic (exact) mass is 425 g/mol. The lowest BCUT2D eigenvalue weighted by atomic mass is 10.2. The number of carbonyl (C=O) groups excluding carboxylic acids is 1. The molecule has 0 bridgehead atoms. The van der Waals surface area contributed by atoms with E-state index in [4.69, 9.17) is 0 Å². The van der Waals surface area contributed by atoms with E-state index in [0.717, 1.165) is 21.6 Å². The topological polar surface area (TPSA) is 78.9 Å². The zero-order valence-corrected chi connectivity index (χ0v) is 15.3. The summed E-state index contributed by atoms with van der Waals surface area (Å²) in [7, 11) is 0. The largest absolute Gasteiger partial charge is 0.370 e. The maximum Gasteiger partial charge on any atom is 0.251 e. The molecule has 7 heteroatoms. The first kappa shape index (κ1) is 17.5. The summed E-state index contributed by atoms with van der Waals surface area (Å²) in [5, 5.41) is 9.15. The predicted octanol–water partition coefficient (Wildman–Crippen LogP) is 2.66. The van der Waals surface area contributed by atoms with E-state index in [1.165, 1.54) is 0 Å². The van der Waals surface area contributed by atoms with Gasteiger partial charge in [0.05, 0.1) is 0 Å². The summed E-state index contributed by atoms with van der Waals surface area (Å²) in [5.74, 6) is 1.27. The molecule has 0 aliphatic heterocycles. The van der Waals surface area contributed by atoms with E-state index in [1.807, 2.05) is 44.2 Å². The van der Waals surface area contributed by atoms with Crippen LogP contribution in [0, 0.1) is 10.5 Å². The fraction of sp³-hybridized carbons (Fsp3) is 0.312. The molecule has 23 heavy (non-hydrogen) atoms. The lowest BCUT2D eigenvalue weighted by Crippen LogP contribution is -2.29. The second kappa shape index (κ2) is 8.66. The molecule has 0 atom stereocenters. The van der Waals surface area contributed by atoms with Crippen LogP contribution in [-0.4, -0.2) is 35.5 Å². The van der Waals surface area contributed by atoms with Crippen molar-refractivity contribution in [1.82, 2.24) is 15.3 Å². The SMILES string of the molecule is CCNc1cc(C)nc(NCCNC(=O)c2ccc(I)cc2)n1. The molecule has 1 aromatic carbocycles. The van der Waals surface area contributed by atoms with Gasteiger partial charge in [-0.25, -0.2) is 4.98 Å². The van der Waals surface area contributed by atoms with Gasteiger partial charge in [0.2, 0.25) is 5.95 Å². The van der Waals surface area contributed by atoms with Crippen LogP contribution in [-0.2, 0) is 0 Å². The highest BCUT2D eigenvalue weighted by atomic mass is 127. The van der Waals surface area contributed by atoms with E-state index < -0.39 is 0 Å². The Morgan fingerprint density at radius 2 is 1.87 bits per heavy atom. The first-order valence-corrected chi connectivity index (χ1v) is 8.53. The molecule has 1 heterocycles. The molecule has 6 nitrogen and oxygen atoms in total. The van der Waals surface area contributed by atoms with Gasteiger partial charge in [0.25, 0.3) is 5.91 Å². The highest BCUT2D eigenvalue weighted by molar-refractivity contribution is 14.1. The van der Waals surface area contributed by atoms with Crippen LogP contribution in [0.5, 0.6) is 0 Å². The van der Waals surface area contributed by atoms with Crippen molar-refractivity contribution in [2.24, 2.45) is 0 Å². The van der Waals surface area contributed by atoms with E-state index in [9.17, 15) is 4.79 Å². The predicted molar refractivity (Wildman–Crippen MR) is 101 cm³/mol. The van der Waals surface area contributed by atoms with Crippen LogP contribution in [0.25, 0.3) is 0 Å². The number of nitrogens with one attached hydrogen (secondary N) is 3. The van der Waals surface area contributed by atoms with Gasteiger partial charge in [0.15, 0.2) is 0 Å². The third-order valence-electron chi connectivity index (χ3n) is 3.01. The van der Waals surface area contributed by atoms with E-state index in [0.29, 0.717) is 24.6 Å². The molecule has 0 radical (unpaired) electrons. The highest BCUT2D eigenvalue weighted by Gasteiger charge is 2.05. The minimum atomic E-state index is -0.0818. The second-order valence-electron chi connectivity index (χ2n) is 4.94. The van der Waals surface area contributed by atoms with Crippen molar-refractivity contribution in [1.29, 1.82) is 0 Å². The number of aromatic nitrogens is 2. The summed E-state index contributed by atoms with van der Waals surface area (Å²) in [4.78, 5) is 20.7. The Balaban J connectivity index is 1.81. The average molecular weight is 425 g/mol. The Hall–Kier alpha value is -1.90. The fourth-order valence-electron chi connectivity index (χ4n) is 1.97. The number of halogens is 1. The molecule has 1 aromatic heterocycles. The molecule has 2 rings (SSSR count). The number of rotatable bonds is 7. The smallest absolute Gasteiger partial charge is 0.251 e. The summed E-state index contributed by atoms with van der Waals surface area (Å²) < 4.78 is 1.11. The van der Waals surface area contributed by atoms with Gasteiger partial charge >= 0.3 is 0 Å². The van der Waals surface area contributed by atoms with Crippen LogP contribution in [0.1, 0.15) is 23.0 Å². The highest BCUT2D eigenvalue weighted by Crippen LogP contribution is 2.09. The zero-order valence-electron chi connectivity index (χ0n) is 13.2. The number of carbonyl (C=O) groups is 1. The normalized spacial score (nSPS) is 10.2. The van der Waals surface area contributed by atoms with Crippen molar-refractivity contribution in [2.45, 2.75) is 13.8 Å². The third kappa shape index (κ3) is 5.66. The number of anilines is 2. The lowest BCUT2D eigenvalue weighted by molar-refractivity contribution is 0.0955. The van der Waals surface area contributed by atoms with Crippen molar-refractivity contribution < 1.29 is 4.79 Å². The van der Waals surface area contributed by atoms with E-state index in [-0.39, 0.29) is 5.91 Å². The van der Waals surface area contributed by atoms with Crippen molar-refractivity contribution in [3.8, 4) is 0 Å². The second-order valence-corrected chi connectivity index (χ2v) is 6.18. The number of benzene rings is 1. The summed E-state index contributed by atoms with van der Waals surface area (Å²) in [6.07, 6.45) is 0. The molecule has 0 unspecified atom stereocenters. The van der Waals surface area contributed by atoms with E-state index >= 15 is 0 Å². The molecule has 3 N–H and O–H groups in total. The summed E-state index contributed by atoms with van der Waals surface area (Å²) in [5.41, 5.74) is 1.55. The Kier molecular flexibility index (Phi) is 6.57. The van der Waals surface area contributed by atoms with Gasteiger partial charge in [-0.3, -0.25) is 4.79 Å². The summed E-state index contributed by atoms with van der Waals surface area (Å²) in [6.45, 7) is 5.81. The number of hydrogen-bond donors (Lipinski definition) is 3. The van der Waals surface area contributed by atoms with Crippen molar-refractivity contribution in [3.05, 3.63) is 45.2 Å². The molecule has 0 aliphatic carbocycles. The Morgan fingerprint density at radius 3 is 2.57 bits per heavy atom. The third-order valence-corrected chi connectivity index (χ3v) is 3.73. The van der Waals surface area contributed by atoms with E-state index in [1.54, 1.807) is 0 Å². The summed E-state index contributed by atoms with van der Waals surface area (Å²) in [6, 6.07) is 9.36. The molecular weight excluding hydrogens is 405 g/mol. The Bertz CT molecular complexity index is 660. The Morgan fingerprint density at radius 1 is 1.13 bits per heavy atom. The molecule has 2 aromatic rings. The molecule has 0 saturated carbocycles. The zero-order chi connectivity index (χ0) is 16.7. The minimum Gasteiger partial charge on any atom is -0.370 e. The molecular formula is C16H20IN5O. The minimum absolute atomic E-state index is 0.0818. The maximum absolute atomic E-state index is 12.0. The van der Waals surface area contributed by atoms with Gasteiger partial charge in [-0.15, -0.1) is 0 Å².